The molecule has 2 aromatic carbocycles. The Kier molecular flexibility index (Phi) is 5.53. The molecule has 3 aromatic rings. The number of carbonyl (C=O) groups excluding carboxylic acids is 1. The van der Waals surface area contributed by atoms with Gasteiger partial charge in [0.2, 0.25) is 5.89 Å². The Labute approximate surface area is 165 Å². The maximum absolute atomic E-state index is 13.2. The van der Waals surface area contributed by atoms with Crippen molar-refractivity contribution in [3.63, 3.8) is 0 Å². The van der Waals surface area contributed by atoms with Gasteiger partial charge in [0.05, 0.1) is 11.8 Å². The third-order valence-electron chi connectivity index (χ3n) is 5.35. The number of hydrogen-bond acceptors (Lipinski definition) is 4. The third-order valence-corrected chi connectivity index (χ3v) is 5.35. The first-order valence-corrected chi connectivity index (χ1v) is 9.81. The van der Waals surface area contributed by atoms with Crippen molar-refractivity contribution in [1.82, 2.24) is 15.2 Å². The van der Waals surface area contributed by atoms with Crippen LogP contribution in [0.3, 0.4) is 0 Å². The second-order valence-electron chi connectivity index (χ2n) is 7.23. The number of rotatable bonds is 5. The highest BCUT2D eigenvalue weighted by molar-refractivity contribution is 6.00. The summed E-state index contributed by atoms with van der Waals surface area (Å²) in [7, 11) is 1.98. The summed E-state index contributed by atoms with van der Waals surface area (Å²) in [5.41, 5.74) is 2.36. The molecule has 28 heavy (non-hydrogen) atoms. The van der Waals surface area contributed by atoms with E-state index in [4.69, 9.17) is 4.42 Å². The minimum atomic E-state index is 0.0537. The number of nitrogens with zero attached hydrogens (tertiary/aromatic N) is 2. The zero-order valence-electron chi connectivity index (χ0n) is 16.1. The van der Waals surface area contributed by atoms with Crippen molar-refractivity contribution in [3.8, 4) is 22.8 Å². The molecule has 0 spiro atoms. The number of aromatic nitrogens is 1. The Bertz CT molecular complexity index is 928. The summed E-state index contributed by atoms with van der Waals surface area (Å²) in [4.78, 5) is 19.6. The van der Waals surface area contributed by atoms with Crippen LogP contribution in [0.25, 0.3) is 22.8 Å². The average molecular weight is 375 g/mol. The Morgan fingerprint density at radius 1 is 1.11 bits per heavy atom. The summed E-state index contributed by atoms with van der Waals surface area (Å²) in [5, 5.41) is 3.24. The molecule has 1 aromatic heterocycles. The van der Waals surface area contributed by atoms with Crippen molar-refractivity contribution >= 4 is 5.91 Å². The van der Waals surface area contributed by atoms with E-state index in [1.165, 1.54) is 0 Å². The normalized spacial score (nSPS) is 15.0. The zero-order chi connectivity index (χ0) is 19.3. The van der Waals surface area contributed by atoms with Gasteiger partial charge in [-0.1, -0.05) is 42.5 Å². The van der Waals surface area contributed by atoms with E-state index >= 15 is 0 Å². The molecule has 0 radical (unpaired) electrons. The molecule has 0 aliphatic carbocycles. The van der Waals surface area contributed by atoms with Crippen molar-refractivity contribution in [3.05, 3.63) is 66.4 Å². The molecular weight excluding hydrogens is 350 g/mol. The molecule has 5 nitrogen and oxygen atoms in total. The summed E-state index contributed by atoms with van der Waals surface area (Å²) >= 11 is 0. The zero-order valence-corrected chi connectivity index (χ0v) is 16.1. The van der Waals surface area contributed by atoms with Gasteiger partial charge in [-0.2, -0.15) is 0 Å². The quantitative estimate of drug-likeness (QED) is 0.730. The molecule has 2 heterocycles. The highest BCUT2D eigenvalue weighted by Crippen LogP contribution is 2.29. The van der Waals surface area contributed by atoms with Gasteiger partial charge in [-0.3, -0.25) is 4.79 Å². The van der Waals surface area contributed by atoms with Gasteiger partial charge >= 0.3 is 0 Å². The number of carbonyl (C=O) groups is 1. The van der Waals surface area contributed by atoms with Gasteiger partial charge < -0.3 is 14.6 Å². The van der Waals surface area contributed by atoms with E-state index in [2.05, 4.69) is 10.3 Å². The minimum absolute atomic E-state index is 0.0537. The number of hydrogen-bond donors (Lipinski definition) is 1. The first-order chi connectivity index (χ1) is 13.8. The molecular formula is C23H25N3O2. The number of amides is 1. The summed E-state index contributed by atoms with van der Waals surface area (Å²) in [6.07, 6.45) is 3.78. The fraction of sp³-hybridized carbons (Fsp3) is 0.304. The van der Waals surface area contributed by atoms with Crippen LogP contribution >= 0.6 is 0 Å². The van der Waals surface area contributed by atoms with Crippen LogP contribution in [0, 0.1) is 5.92 Å². The van der Waals surface area contributed by atoms with Crippen molar-refractivity contribution in [1.29, 1.82) is 0 Å². The van der Waals surface area contributed by atoms with Crippen LogP contribution in [0.5, 0.6) is 0 Å². The molecule has 4 rings (SSSR count). The molecule has 1 saturated heterocycles. The Balaban J connectivity index is 1.56. The lowest BCUT2D eigenvalue weighted by molar-refractivity contribution is 0.0691. The van der Waals surface area contributed by atoms with E-state index in [-0.39, 0.29) is 5.91 Å². The van der Waals surface area contributed by atoms with Crippen LogP contribution in [-0.2, 0) is 0 Å². The largest absolute Gasteiger partial charge is 0.436 e. The molecule has 0 unspecified atom stereocenters. The minimum Gasteiger partial charge on any atom is -0.436 e. The van der Waals surface area contributed by atoms with E-state index in [0.717, 1.165) is 43.6 Å². The summed E-state index contributed by atoms with van der Waals surface area (Å²) in [6.45, 7) is 2.60. The fourth-order valence-corrected chi connectivity index (χ4v) is 3.79. The lowest BCUT2D eigenvalue weighted by atomic mass is 9.96. The molecule has 5 heteroatoms. The van der Waals surface area contributed by atoms with Crippen molar-refractivity contribution in [2.45, 2.75) is 12.8 Å². The van der Waals surface area contributed by atoms with Crippen LogP contribution in [0.4, 0.5) is 0 Å². The SMILES string of the molecule is CNCC1CCN(C(=O)c2ccccc2-c2ncc(-c3ccccc3)o2)CC1. The van der Waals surface area contributed by atoms with Gasteiger partial charge in [0.15, 0.2) is 5.76 Å². The van der Waals surface area contributed by atoms with Crippen molar-refractivity contribution in [2.24, 2.45) is 5.92 Å². The molecule has 144 valence electrons. The molecule has 0 bridgehead atoms. The van der Waals surface area contributed by atoms with E-state index in [9.17, 15) is 4.79 Å². The van der Waals surface area contributed by atoms with Crippen LogP contribution in [0.2, 0.25) is 0 Å². The first kappa shape index (κ1) is 18.4. The number of likely N-dealkylation sites (tertiary alicyclic amines) is 1. The standard InChI is InChI=1S/C23H25N3O2/c1-24-15-17-11-13-26(14-12-17)23(27)20-10-6-5-9-19(20)22-25-16-21(28-22)18-7-3-2-4-8-18/h2-10,16-17,24H,11-15H2,1H3. The third kappa shape index (κ3) is 3.85. The molecule has 1 N–H and O–H groups in total. The first-order valence-electron chi connectivity index (χ1n) is 9.81. The van der Waals surface area contributed by atoms with Gasteiger partial charge in [0.1, 0.15) is 0 Å². The molecule has 0 atom stereocenters. The van der Waals surface area contributed by atoms with E-state index < -0.39 is 0 Å². The molecule has 1 amide bonds. The van der Waals surface area contributed by atoms with Gasteiger partial charge in [-0.15, -0.1) is 0 Å². The van der Waals surface area contributed by atoms with Crippen LogP contribution in [0.1, 0.15) is 23.2 Å². The summed E-state index contributed by atoms with van der Waals surface area (Å²) in [6, 6.07) is 17.4. The van der Waals surface area contributed by atoms with Gasteiger partial charge in [-0.25, -0.2) is 4.98 Å². The van der Waals surface area contributed by atoms with Gasteiger partial charge in [0, 0.05) is 24.2 Å². The summed E-state index contributed by atoms with van der Waals surface area (Å²) < 4.78 is 5.99. The Morgan fingerprint density at radius 3 is 2.57 bits per heavy atom. The van der Waals surface area contributed by atoms with Gasteiger partial charge in [0.25, 0.3) is 5.91 Å². The highest BCUT2D eigenvalue weighted by atomic mass is 16.4. The summed E-state index contributed by atoms with van der Waals surface area (Å²) in [5.74, 6) is 1.88. The van der Waals surface area contributed by atoms with E-state index in [0.29, 0.717) is 23.1 Å². The Morgan fingerprint density at radius 2 is 1.82 bits per heavy atom. The predicted molar refractivity (Wildman–Crippen MR) is 110 cm³/mol. The maximum atomic E-state index is 13.2. The molecule has 1 fully saturated rings. The number of benzene rings is 2. The van der Waals surface area contributed by atoms with Crippen LogP contribution < -0.4 is 5.32 Å². The number of oxazole rings is 1. The van der Waals surface area contributed by atoms with Crippen molar-refractivity contribution in [2.75, 3.05) is 26.7 Å². The van der Waals surface area contributed by atoms with Crippen LogP contribution in [0.15, 0.2) is 65.2 Å². The monoisotopic (exact) mass is 375 g/mol. The van der Waals surface area contributed by atoms with Gasteiger partial charge in [-0.05, 0) is 44.5 Å². The average Bonchev–Trinajstić information content (AvgIpc) is 3.25. The van der Waals surface area contributed by atoms with Crippen molar-refractivity contribution < 1.29 is 9.21 Å². The van der Waals surface area contributed by atoms with E-state index in [1.807, 2.05) is 66.5 Å². The topological polar surface area (TPSA) is 58.4 Å². The van der Waals surface area contributed by atoms with E-state index in [1.54, 1.807) is 6.20 Å². The highest BCUT2D eigenvalue weighted by Gasteiger charge is 2.26. The second kappa shape index (κ2) is 8.40. The second-order valence-corrected chi connectivity index (χ2v) is 7.23. The lowest BCUT2D eigenvalue weighted by Gasteiger charge is -2.32. The molecule has 1 aliphatic heterocycles. The number of piperidine rings is 1. The number of nitrogens with one attached hydrogen (secondary N) is 1. The predicted octanol–water partition coefficient (Wildman–Crippen LogP) is 4.08. The molecule has 0 saturated carbocycles. The fourth-order valence-electron chi connectivity index (χ4n) is 3.79. The molecule has 1 aliphatic rings. The lowest BCUT2D eigenvalue weighted by Crippen LogP contribution is -2.40. The Hall–Kier alpha value is -2.92. The van der Waals surface area contributed by atoms with Crippen LogP contribution in [-0.4, -0.2) is 42.5 Å². The smallest absolute Gasteiger partial charge is 0.254 e. The maximum Gasteiger partial charge on any atom is 0.254 e.